The zero-order valence-corrected chi connectivity index (χ0v) is 23.5. The van der Waals surface area contributed by atoms with E-state index in [-0.39, 0.29) is 11.7 Å². The van der Waals surface area contributed by atoms with E-state index in [0.29, 0.717) is 5.56 Å². The van der Waals surface area contributed by atoms with Gasteiger partial charge in [-0.25, -0.2) is 0 Å². The number of carbonyl (C=O) groups excluding carboxylic acids is 2. The summed E-state index contributed by atoms with van der Waals surface area (Å²) in [4.78, 5) is 23.5. The minimum Gasteiger partial charge on any atom is -0.463 e. The van der Waals surface area contributed by atoms with Crippen molar-refractivity contribution in [3.8, 4) is 16.9 Å². The molecule has 236 valence electrons. The molecule has 0 aromatic heterocycles. The second-order valence-corrected chi connectivity index (χ2v) is 10.5. The van der Waals surface area contributed by atoms with Crippen LogP contribution in [0.3, 0.4) is 0 Å². The minimum absolute atomic E-state index is 0.221. The molecule has 4 rings (SSSR count). The third kappa shape index (κ3) is 7.15. The van der Waals surface area contributed by atoms with Crippen molar-refractivity contribution in [3.63, 3.8) is 0 Å². The average molecular weight is 608 g/mol. The number of aliphatic hydroxyl groups is 7. The molecule has 43 heavy (non-hydrogen) atoms. The first-order valence-electron chi connectivity index (χ1n) is 13.7. The van der Waals surface area contributed by atoms with Crippen LogP contribution in [0.1, 0.15) is 17.3 Å². The Balaban J connectivity index is 1.56. The SMILES string of the molecule is CNC(=O)c1cccc(-c2ccc(O[C@H]3O[C@H](COC(C)=O)[C@@H](O)[C@H](C(O)[C@H]4O[C@H](CO)[C@@H](O)[C@H](O)[C@@H]4O)[C@@H]3O)cc2)c1. The number of aliphatic hydroxyl groups excluding tert-OH is 7. The maximum Gasteiger partial charge on any atom is 0.302 e. The molecule has 2 fully saturated rings. The molecule has 0 spiro atoms. The Morgan fingerprint density at radius 3 is 2.21 bits per heavy atom. The third-order valence-corrected chi connectivity index (χ3v) is 7.66. The van der Waals surface area contributed by atoms with E-state index in [1.165, 1.54) is 7.05 Å². The number of hydrogen-bond donors (Lipinski definition) is 8. The highest BCUT2D eigenvalue weighted by molar-refractivity contribution is 5.95. The molecule has 0 saturated carbocycles. The molecule has 2 aromatic rings. The van der Waals surface area contributed by atoms with Crippen molar-refractivity contribution in [1.29, 1.82) is 0 Å². The summed E-state index contributed by atoms with van der Waals surface area (Å²) in [6, 6.07) is 13.5. The van der Waals surface area contributed by atoms with Crippen LogP contribution in [0.15, 0.2) is 48.5 Å². The Bertz CT molecular complexity index is 1240. The number of benzene rings is 2. The number of hydrogen-bond acceptors (Lipinski definition) is 13. The predicted octanol–water partition coefficient (Wildman–Crippen LogP) is -2.08. The second-order valence-electron chi connectivity index (χ2n) is 10.5. The van der Waals surface area contributed by atoms with E-state index in [2.05, 4.69) is 5.32 Å². The third-order valence-electron chi connectivity index (χ3n) is 7.66. The molecule has 2 aliphatic heterocycles. The fraction of sp³-hybridized carbons (Fsp3) is 0.517. The Morgan fingerprint density at radius 1 is 0.884 bits per heavy atom. The maximum absolute atomic E-state index is 12.0. The van der Waals surface area contributed by atoms with Gasteiger partial charge in [-0.1, -0.05) is 24.3 Å². The predicted molar refractivity (Wildman–Crippen MR) is 146 cm³/mol. The fourth-order valence-electron chi connectivity index (χ4n) is 5.28. The van der Waals surface area contributed by atoms with Crippen molar-refractivity contribution in [2.24, 2.45) is 5.92 Å². The van der Waals surface area contributed by atoms with Crippen LogP contribution < -0.4 is 10.1 Å². The number of nitrogens with one attached hydrogen (secondary N) is 1. The molecule has 2 aromatic carbocycles. The maximum atomic E-state index is 12.0. The number of ether oxygens (including phenoxy) is 4. The van der Waals surface area contributed by atoms with E-state index in [1.807, 2.05) is 6.07 Å². The van der Waals surface area contributed by atoms with Crippen molar-refractivity contribution in [2.75, 3.05) is 20.3 Å². The highest BCUT2D eigenvalue weighted by Crippen LogP contribution is 2.35. The lowest BCUT2D eigenvalue weighted by molar-refractivity contribution is -0.302. The van der Waals surface area contributed by atoms with Crippen LogP contribution in [0.4, 0.5) is 0 Å². The summed E-state index contributed by atoms with van der Waals surface area (Å²) < 4.78 is 22.0. The first-order chi connectivity index (χ1) is 20.5. The Morgan fingerprint density at radius 2 is 1.58 bits per heavy atom. The van der Waals surface area contributed by atoms with Crippen LogP contribution in [0.25, 0.3) is 11.1 Å². The Kier molecular flexibility index (Phi) is 10.7. The van der Waals surface area contributed by atoms with Crippen molar-refractivity contribution >= 4 is 11.9 Å². The Labute approximate surface area is 247 Å². The summed E-state index contributed by atoms with van der Waals surface area (Å²) in [5.41, 5.74) is 1.98. The topological polar surface area (TPSA) is 225 Å². The van der Waals surface area contributed by atoms with Crippen LogP contribution in [-0.4, -0.2) is 129 Å². The number of esters is 1. The lowest BCUT2D eigenvalue weighted by Crippen LogP contribution is -2.67. The normalized spacial score (nSPS) is 33.3. The molecule has 14 nitrogen and oxygen atoms in total. The summed E-state index contributed by atoms with van der Waals surface area (Å²) >= 11 is 0. The first-order valence-corrected chi connectivity index (χ1v) is 13.7. The molecule has 14 heteroatoms. The van der Waals surface area contributed by atoms with Gasteiger partial charge in [-0.15, -0.1) is 0 Å². The average Bonchev–Trinajstić information content (AvgIpc) is 3.00. The van der Waals surface area contributed by atoms with Gasteiger partial charge in [-0.2, -0.15) is 0 Å². The largest absolute Gasteiger partial charge is 0.463 e. The zero-order valence-electron chi connectivity index (χ0n) is 23.5. The highest BCUT2D eigenvalue weighted by atomic mass is 16.7. The lowest BCUT2D eigenvalue weighted by Gasteiger charge is -2.48. The van der Waals surface area contributed by atoms with Gasteiger partial charge in [0.25, 0.3) is 5.91 Å². The van der Waals surface area contributed by atoms with E-state index in [9.17, 15) is 45.3 Å². The van der Waals surface area contributed by atoms with Crippen molar-refractivity contribution in [2.45, 2.75) is 68.1 Å². The summed E-state index contributed by atoms with van der Waals surface area (Å²) in [7, 11) is 1.53. The van der Waals surface area contributed by atoms with Gasteiger partial charge < -0.3 is 60.0 Å². The number of carbonyl (C=O) groups is 2. The number of amides is 1. The first kappa shape index (κ1) is 32.7. The van der Waals surface area contributed by atoms with E-state index in [1.54, 1.807) is 42.5 Å². The summed E-state index contributed by atoms with van der Waals surface area (Å²) in [5, 5.41) is 76.4. The Hall–Kier alpha value is -3.18. The summed E-state index contributed by atoms with van der Waals surface area (Å²) in [5.74, 6) is -2.23. The van der Waals surface area contributed by atoms with E-state index in [0.717, 1.165) is 18.1 Å². The molecule has 0 bridgehead atoms. The number of rotatable bonds is 9. The molecule has 2 aliphatic rings. The lowest BCUT2D eigenvalue weighted by atomic mass is 9.79. The van der Waals surface area contributed by atoms with E-state index >= 15 is 0 Å². The molecule has 11 atom stereocenters. The molecule has 0 aliphatic carbocycles. The monoisotopic (exact) mass is 607 g/mol. The molecule has 0 radical (unpaired) electrons. The molecular formula is C29H37NO13. The van der Waals surface area contributed by atoms with Gasteiger partial charge in [0.2, 0.25) is 6.29 Å². The van der Waals surface area contributed by atoms with E-state index in [4.69, 9.17) is 18.9 Å². The fourth-order valence-corrected chi connectivity index (χ4v) is 5.28. The van der Waals surface area contributed by atoms with Gasteiger partial charge in [0.05, 0.1) is 18.8 Å². The van der Waals surface area contributed by atoms with Gasteiger partial charge in [0.15, 0.2) is 0 Å². The molecule has 1 amide bonds. The minimum atomic E-state index is -1.87. The van der Waals surface area contributed by atoms with Crippen LogP contribution in [0.2, 0.25) is 0 Å². The second kappa shape index (κ2) is 14.1. The van der Waals surface area contributed by atoms with Crippen LogP contribution in [-0.2, 0) is 19.0 Å². The van der Waals surface area contributed by atoms with Crippen molar-refractivity contribution < 1.29 is 64.3 Å². The molecular weight excluding hydrogens is 570 g/mol. The van der Waals surface area contributed by atoms with Crippen LogP contribution in [0.5, 0.6) is 5.75 Å². The van der Waals surface area contributed by atoms with Crippen LogP contribution >= 0.6 is 0 Å². The molecule has 2 heterocycles. The van der Waals surface area contributed by atoms with Gasteiger partial charge in [0, 0.05) is 25.5 Å². The van der Waals surface area contributed by atoms with Gasteiger partial charge >= 0.3 is 5.97 Å². The highest BCUT2D eigenvalue weighted by Gasteiger charge is 2.55. The van der Waals surface area contributed by atoms with Gasteiger partial charge in [0.1, 0.15) is 55.1 Å². The van der Waals surface area contributed by atoms with Gasteiger partial charge in [-0.05, 0) is 35.4 Å². The standard InChI is InChI=1S/C29H37NO13/c1-13(32)40-12-19-21(33)20(23(35)27-26(38)25(37)22(34)18(11-31)42-27)24(36)29(43-19)41-17-8-6-14(7-9-17)15-4-3-5-16(10-15)28(39)30-2/h3-10,18-27,29,31,33-38H,11-12H2,1-2H3,(H,30,39)/t18-,19-,20-,21-,22-,23?,24+,25+,26+,27-,29+/m1/s1. The summed E-state index contributed by atoms with van der Waals surface area (Å²) in [6.45, 7) is -0.0776. The molecule has 8 N–H and O–H groups in total. The van der Waals surface area contributed by atoms with Gasteiger partial charge in [-0.3, -0.25) is 9.59 Å². The van der Waals surface area contributed by atoms with E-state index < -0.39 is 86.3 Å². The van der Waals surface area contributed by atoms with Crippen LogP contribution in [0, 0.1) is 5.92 Å². The smallest absolute Gasteiger partial charge is 0.302 e. The van der Waals surface area contributed by atoms with Crippen molar-refractivity contribution in [3.05, 3.63) is 54.1 Å². The molecule has 1 unspecified atom stereocenters. The summed E-state index contributed by atoms with van der Waals surface area (Å²) in [6.07, 6.45) is -16.4. The quantitative estimate of drug-likeness (QED) is 0.144. The molecule has 2 saturated heterocycles. The zero-order chi connectivity index (χ0) is 31.4. The van der Waals surface area contributed by atoms with Crippen molar-refractivity contribution in [1.82, 2.24) is 5.32 Å².